The molecule has 6 heteroatoms. The van der Waals surface area contributed by atoms with Gasteiger partial charge in [-0.05, 0) is 30.2 Å². The van der Waals surface area contributed by atoms with E-state index >= 15 is 0 Å². The maximum absolute atomic E-state index is 12.1. The van der Waals surface area contributed by atoms with E-state index in [0.717, 1.165) is 5.56 Å². The number of hydrogen-bond donors (Lipinski definition) is 1. The van der Waals surface area contributed by atoms with Crippen LogP contribution in [0.3, 0.4) is 0 Å². The molecule has 0 aliphatic carbocycles. The second-order valence-electron chi connectivity index (χ2n) is 5.13. The number of carbonyl (C=O) groups is 1. The SMILES string of the molecule is O=C(Cn1c(=O)cnc2ccccc21)NCCc1cccnc1. The van der Waals surface area contributed by atoms with Crippen LogP contribution in [0.25, 0.3) is 11.0 Å². The fourth-order valence-corrected chi connectivity index (χ4v) is 2.37. The van der Waals surface area contributed by atoms with Gasteiger partial charge in [0.2, 0.25) is 5.91 Å². The van der Waals surface area contributed by atoms with Crippen LogP contribution in [-0.4, -0.2) is 27.0 Å². The van der Waals surface area contributed by atoms with Gasteiger partial charge in [-0.3, -0.25) is 19.1 Å². The molecule has 0 radical (unpaired) electrons. The molecule has 6 nitrogen and oxygen atoms in total. The zero-order valence-corrected chi connectivity index (χ0v) is 12.5. The first-order valence-electron chi connectivity index (χ1n) is 7.34. The minimum Gasteiger partial charge on any atom is -0.354 e. The Hall–Kier alpha value is -3.02. The topological polar surface area (TPSA) is 76.9 Å². The number of benzene rings is 1. The largest absolute Gasteiger partial charge is 0.354 e. The highest BCUT2D eigenvalue weighted by Gasteiger charge is 2.08. The van der Waals surface area contributed by atoms with E-state index in [1.54, 1.807) is 18.5 Å². The molecule has 0 aliphatic heterocycles. The quantitative estimate of drug-likeness (QED) is 0.767. The summed E-state index contributed by atoms with van der Waals surface area (Å²) in [6, 6.07) is 11.1. The predicted octanol–water partition coefficient (Wildman–Crippen LogP) is 1.15. The van der Waals surface area contributed by atoms with Gasteiger partial charge in [0, 0.05) is 18.9 Å². The van der Waals surface area contributed by atoms with Crippen LogP contribution in [0.2, 0.25) is 0 Å². The molecule has 0 atom stereocenters. The Kier molecular flexibility index (Phi) is 4.42. The number of amides is 1. The van der Waals surface area contributed by atoms with Gasteiger partial charge in [0.05, 0.1) is 17.2 Å². The minimum absolute atomic E-state index is 0.0189. The van der Waals surface area contributed by atoms with Gasteiger partial charge in [-0.1, -0.05) is 18.2 Å². The number of nitrogens with one attached hydrogen (secondary N) is 1. The molecule has 0 unspecified atom stereocenters. The van der Waals surface area contributed by atoms with Crippen LogP contribution in [-0.2, 0) is 17.8 Å². The van der Waals surface area contributed by atoms with E-state index in [1.165, 1.54) is 10.8 Å². The van der Waals surface area contributed by atoms with Gasteiger partial charge in [-0.25, -0.2) is 4.98 Å². The van der Waals surface area contributed by atoms with E-state index in [-0.39, 0.29) is 18.0 Å². The summed E-state index contributed by atoms with van der Waals surface area (Å²) in [7, 11) is 0. The zero-order valence-electron chi connectivity index (χ0n) is 12.5. The molecule has 3 rings (SSSR count). The number of fused-ring (bicyclic) bond motifs is 1. The van der Waals surface area contributed by atoms with Gasteiger partial charge in [0.25, 0.3) is 5.56 Å². The molecule has 0 saturated carbocycles. The zero-order chi connectivity index (χ0) is 16.1. The number of rotatable bonds is 5. The van der Waals surface area contributed by atoms with Gasteiger partial charge in [0.15, 0.2) is 0 Å². The van der Waals surface area contributed by atoms with Gasteiger partial charge in [-0.2, -0.15) is 0 Å². The molecule has 0 spiro atoms. The average molecular weight is 308 g/mol. The molecule has 23 heavy (non-hydrogen) atoms. The van der Waals surface area contributed by atoms with Crippen LogP contribution in [0.4, 0.5) is 0 Å². The van der Waals surface area contributed by atoms with Crippen molar-refractivity contribution in [2.75, 3.05) is 6.54 Å². The first-order valence-corrected chi connectivity index (χ1v) is 7.34. The van der Waals surface area contributed by atoms with Crippen molar-refractivity contribution in [3.05, 3.63) is 70.9 Å². The third kappa shape index (κ3) is 3.60. The molecule has 1 N–H and O–H groups in total. The second-order valence-corrected chi connectivity index (χ2v) is 5.13. The number of carbonyl (C=O) groups excluding carboxylic acids is 1. The third-order valence-corrected chi connectivity index (χ3v) is 3.51. The Balaban J connectivity index is 1.66. The standard InChI is InChI=1S/C17H16N4O2/c22-16(19-9-7-13-4-3-8-18-10-13)12-21-15-6-2-1-5-14(15)20-11-17(21)23/h1-6,8,10-11H,7,9,12H2,(H,19,22). The molecule has 1 aromatic carbocycles. The van der Waals surface area contributed by atoms with Crippen molar-refractivity contribution in [2.45, 2.75) is 13.0 Å². The fraction of sp³-hybridized carbons (Fsp3) is 0.176. The number of pyridine rings is 1. The number of nitrogens with zero attached hydrogens (tertiary/aromatic N) is 3. The first-order chi connectivity index (χ1) is 11.2. The normalized spacial score (nSPS) is 10.6. The van der Waals surface area contributed by atoms with Gasteiger partial charge < -0.3 is 5.32 Å². The van der Waals surface area contributed by atoms with E-state index in [2.05, 4.69) is 15.3 Å². The van der Waals surface area contributed by atoms with Crippen LogP contribution in [0.15, 0.2) is 59.8 Å². The molecule has 1 amide bonds. The smallest absolute Gasteiger partial charge is 0.269 e. The summed E-state index contributed by atoms with van der Waals surface area (Å²) >= 11 is 0. The van der Waals surface area contributed by atoms with Crippen LogP contribution in [0, 0.1) is 0 Å². The lowest BCUT2D eigenvalue weighted by molar-refractivity contribution is -0.121. The molecule has 0 aliphatic rings. The highest BCUT2D eigenvalue weighted by atomic mass is 16.2. The highest BCUT2D eigenvalue weighted by molar-refractivity contribution is 5.79. The van der Waals surface area contributed by atoms with Gasteiger partial charge in [-0.15, -0.1) is 0 Å². The van der Waals surface area contributed by atoms with Crippen molar-refractivity contribution in [3.8, 4) is 0 Å². The summed E-state index contributed by atoms with van der Waals surface area (Å²) in [6.07, 6.45) is 5.42. The monoisotopic (exact) mass is 308 g/mol. The minimum atomic E-state index is -0.286. The molecular weight excluding hydrogens is 292 g/mol. The van der Waals surface area contributed by atoms with E-state index in [0.29, 0.717) is 24.0 Å². The van der Waals surface area contributed by atoms with Crippen LogP contribution in [0.5, 0.6) is 0 Å². The van der Waals surface area contributed by atoms with Crippen molar-refractivity contribution in [2.24, 2.45) is 0 Å². The summed E-state index contributed by atoms with van der Waals surface area (Å²) in [6.45, 7) is 0.483. The lowest BCUT2D eigenvalue weighted by atomic mass is 10.2. The molecular formula is C17H16N4O2. The molecule has 116 valence electrons. The van der Waals surface area contributed by atoms with E-state index in [4.69, 9.17) is 0 Å². The lowest BCUT2D eigenvalue weighted by Crippen LogP contribution is -2.33. The van der Waals surface area contributed by atoms with Crippen molar-refractivity contribution < 1.29 is 4.79 Å². The maximum Gasteiger partial charge on any atom is 0.269 e. The van der Waals surface area contributed by atoms with Crippen LogP contribution in [0.1, 0.15) is 5.56 Å². The molecule has 2 heterocycles. The number of hydrogen-bond acceptors (Lipinski definition) is 4. The summed E-state index contributed by atoms with van der Waals surface area (Å²) in [5.41, 5.74) is 2.11. The second kappa shape index (κ2) is 6.83. The van der Waals surface area contributed by atoms with E-state index in [9.17, 15) is 9.59 Å². The summed E-state index contributed by atoms with van der Waals surface area (Å²) in [5.74, 6) is -0.202. The first kappa shape index (κ1) is 14.9. The molecule has 2 aromatic heterocycles. The van der Waals surface area contributed by atoms with Crippen molar-refractivity contribution in [1.82, 2.24) is 19.9 Å². The van der Waals surface area contributed by atoms with Crippen molar-refractivity contribution in [1.29, 1.82) is 0 Å². The van der Waals surface area contributed by atoms with Crippen LogP contribution < -0.4 is 10.9 Å². The Morgan fingerprint density at radius 1 is 1.13 bits per heavy atom. The summed E-state index contributed by atoms with van der Waals surface area (Å²) < 4.78 is 1.43. The van der Waals surface area contributed by atoms with E-state index in [1.807, 2.05) is 30.3 Å². The maximum atomic E-state index is 12.1. The number of para-hydroxylation sites is 2. The molecule has 0 saturated heterocycles. The Morgan fingerprint density at radius 2 is 2.00 bits per heavy atom. The van der Waals surface area contributed by atoms with Crippen molar-refractivity contribution in [3.63, 3.8) is 0 Å². The Bertz CT molecular complexity index is 874. The predicted molar refractivity (Wildman–Crippen MR) is 87.0 cm³/mol. The summed E-state index contributed by atoms with van der Waals surface area (Å²) in [5, 5.41) is 2.82. The lowest BCUT2D eigenvalue weighted by Gasteiger charge is -2.10. The fourth-order valence-electron chi connectivity index (χ4n) is 2.37. The molecule has 3 aromatic rings. The Morgan fingerprint density at radius 3 is 2.83 bits per heavy atom. The highest BCUT2D eigenvalue weighted by Crippen LogP contribution is 2.07. The molecule has 0 bridgehead atoms. The van der Waals surface area contributed by atoms with Gasteiger partial charge >= 0.3 is 0 Å². The summed E-state index contributed by atoms with van der Waals surface area (Å²) in [4.78, 5) is 32.2. The van der Waals surface area contributed by atoms with Crippen LogP contribution >= 0.6 is 0 Å². The average Bonchev–Trinajstić information content (AvgIpc) is 2.58. The van der Waals surface area contributed by atoms with Gasteiger partial charge in [0.1, 0.15) is 6.54 Å². The third-order valence-electron chi connectivity index (χ3n) is 3.51. The number of aromatic nitrogens is 3. The Labute approximate surface area is 132 Å². The molecule has 0 fully saturated rings. The van der Waals surface area contributed by atoms with Crippen molar-refractivity contribution >= 4 is 16.9 Å². The van der Waals surface area contributed by atoms with E-state index < -0.39 is 0 Å².